The molecule has 1 unspecified atom stereocenters. The highest BCUT2D eigenvalue weighted by Gasteiger charge is 2.28. The quantitative estimate of drug-likeness (QED) is 0.779. The molecule has 1 aromatic carbocycles. The topological polar surface area (TPSA) is 100 Å². The zero-order chi connectivity index (χ0) is 16.4. The Morgan fingerprint density at radius 1 is 1.39 bits per heavy atom. The Kier molecular flexibility index (Phi) is 4.16. The largest absolute Gasteiger partial charge is 0.497 e. The first-order chi connectivity index (χ1) is 10.9. The highest BCUT2D eigenvalue weighted by atomic mass is 32.2. The Balaban J connectivity index is 1.56. The fraction of sp³-hybridized carbons (Fsp3) is 0.400. The van der Waals surface area contributed by atoms with Crippen LogP contribution in [0.1, 0.15) is 12.1 Å². The van der Waals surface area contributed by atoms with Gasteiger partial charge in [0.1, 0.15) is 5.75 Å². The molecule has 2 heterocycles. The Hall–Kier alpha value is -2.22. The molecule has 3 N–H and O–H groups in total. The number of urea groups is 1. The molecule has 2 aromatic rings. The summed E-state index contributed by atoms with van der Waals surface area (Å²) in [6.45, 7) is 0.336. The van der Waals surface area contributed by atoms with Gasteiger partial charge in [0, 0.05) is 22.6 Å². The van der Waals surface area contributed by atoms with Crippen LogP contribution in [0.3, 0.4) is 0 Å². The number of aromatic amines is 1. The van der Waals surface area contributed by atoms with Crippen LogP contribution in [0.5, 0.6) is 5.75 Å². The fourth-order valence-electron chi connectivity index (χ4n) is 2.71. The van der Waals surface area contributed by atoms with E-state index >= 15 is 0 Å². The van der Waals surface area contributed by atoms with Crippen molar-refractivity contribution in [3.63, 3.8) is 0 Å². The van der Waals surface area contributed by atoms with Gasteiger partial charge in [-0.25, -0.2) is 13.2 Å². The molecular formula is C15H19N3O4S. The minimum Gasteiger partial charge on any atom is -0.497 e. The van der Waals surface area contributed by atoms with Crippen LogP contribution in [0.2, 0.25) is 0 Å². The molecule has 3 rings (SSSR count). The smallest absolute Gasteiger partial charge is 0.315 e. The summed E-state index contributed by atoms with van der Waals surface area (Å²) < 4.78 is 27.9. The van der Waals surface area contributed by atoms with Crippen molar-refractivity contribution in [1.29, 1.82) is 0 Å². The van der Waals surface area contributed by atoms with Gasteiger partial charge in [-0.15, -0.1) is 0 Å². The van der Waals surface area contributed by atoms with E-state index in [1.54, 1.807) is 7.11 Å². The second kappa shape index (κ2) is 6.11. The molecule has 1 aromatic heterocycles. The summed E-state index contributed by atoms with van der Waals surface area (Å²) in [5.74, 6) is 0.935. The van der Waals surface area contributed by atoms with E-state index in [1.807, 2.05) is 24.3 Å². The Bertz CT molecular complexity index is 828. The first-order valence-corrected chi connectivity index (χ1v) is 9.18. The van der Waals surface area contributed by atoms with Gasteiger partial charge in [-0.2, -0.15) is 0 Å². The molecular weight excluding hydrogens is 318 g/mol. The molecule has 23 heavy (non-hydrogen) atoms. The molecule has 8 heteroatoms. The summed E-state index contributed by atoms with van der Waals surface area (Å²) >= 11 is 0. The van der Waals surface area contributed by atoms with Gasteiger partial charge in [-0.1, -0.05) is 0 Å². The molecule has 1 fully saturated rings. The van der Waals surface area contributed by atoms with Crippen molar-refractivity contribution in [2.24, 2.45) is 0 Å². The van der Waals surface area contributed by atoms with Crippen molar-refractivity contribution in [2.45, 2.75) is 19.0 Å². The number of carbonyl (C=O) groups is 1. The number of H-pyrrole nitrogens is 1. The highest BCUT2D eigenvalue weighted by Crippen LogP contribution is 2.21. The van der Waals surface area contributed by atoms with Gasteiger partial charge in [0.05, 0.1) is 25.2 Å². The van der Waals surface area contributed by atoms with E-state index in [2.05, 4.69) is 15.6 Å². The predicted molar refractivity (Wildman–Crippen MR) is 87.3 cm³/mol. The van der Waals surface area contributed by atoms with Gasteiger partial charge in [0.15, 0.2) is 9.84 Å². The van der Waals surface area contributed by atoms with Crippen molar-refractivity contribution < 1.29 is 17.9 Å². The molecule has 0 bridgehead atoms. The van der Waals surface area contributed by atoms with Crippen LogP contribution in [0.15, 0.2) is 24.3 Å². The van der Waals surface area contributed by atoms with E-state index in [9.17, 15) is 13.2 Å². The predicted octanol–water partition coefficient (Wildman–Crippen LogP) is 1.16. The highest BCUT2D eigenvalue weighted by molar-refractivity contribution is 7.91. The van der Waals surface area contributed by atoms with Crippen LogP contribution in [-0.4, -0.2) is 44.1 Å². The Morgan fingerprint density at radius 3 is 2.91 bits per heavy atom. The molecule has 0 spiro atoms. The van der Waals surface area contributed by atoms with E-state index in [1.165, 1.54) is 0 Å². The Labute approximate surface area is 134 Å². The van der Waals surface area contributed by atoms with Gasteiger partial charge in [-0.05, 0) is 30.7 Å². The number of rotatable bonds is 4. The minimum atomic E-state index is -2.99. The summed E-state index contributed by atoms with van der Waals surface area (Å²) in [5, 5.41) is 6.43. The van der Waals surface area contributed by atoms with Crippen LogP contribution in [0.4, 0.5) is 4.79 Å². The lowest BCUT2D eigenvalue weighted by Crippen LogP contribution is -2.42. The number of fused-ring (bicyclic) bond motifs is 1. The standard InChI is InChI=1S/C15H19N3O4S/c1-22-13-2-3-14-10(7-13)6-12(17-14)8-16-15(19)18-11-4-5-23(20,21)9-11/h2-3,6-7,11,17H,4-5,8-9H2,1H3,(H2,16,18,19). The molecule has 7 nitrogen and oxygen atoms in total. The number of hydrogen-bond acceptors (Lipinski definition) is 4. The van der Waals surface area contributed by atoms with Crippen LogP contribution >= 0.6 is 0 Å². The molecule has 1 saturated heterocycles. The molecule has 124 valence electrons. The molecule has 0 aliphatic carbocycles. The second-order valence-corrected chi connectivity index (χ2v) is 7.90. The van der Waals surface area contributed by atoms with Crippen molar-refractivity contribution in [1.82, 2.24) is 15.6 Å². The average Bonchev–Trinajstić information content (AvgIpc) is 3.06. The molecule has 0 radical (unpaired) electrons. The van der Waals surface area contributed by atoms with Crippen molar-refractivity contribution >= 4 is 26.8 Å². The maximum Gasteiger partial charge on any atom is 0.315 e. The zero-order valence-electron chi connectivity index (χ0n) is 12.8. The van der Waals surface area contributed by atoms with Crippen molar-refractivity contribution in [2.75, 3.05) is 18.6 Å². The number of ether oxygens (including phenoxy) is 1. The number of amides is 2. The third kappa shape index (κ3) is 3.76. The van der Waals surface area contributed by atoms with Crippen LogP contribution in [0.25, 0.3) is 10.9 Å². The van der Waals surface area contributed by atoms with Crippen molar-refractivity contribution in [3.8, 4) is 5.75 Å². The normalized spacial score (nSPS) is 19.6. The van der Waals surface area contributed by atoms with Gasteiger partial charge in [-0.3, -0.25) is 0 Å². The number of sulfone groups is 1. The second-order valence-electron chi connectivity index (χ2n) is 5.67. The monoisotopic (exact) mass is 337 g/mol. The maximum absolute atomic E-state index is 11.8. The first kappa shape index (κ1) is 15.7. The summed E-state index contributed by atoms with van der Waals surface area (Å²) in [7, 11) is -1.38. The summed E-state index contributed by atoms with van der Waals surface area (Å²) in [6.07, 6.45) is 0.474. The van der Waals surface area contributed by atoms with Gasteiger partial charge >= 0.3 is 6.03 Å². The summed E-state index contributed by atoms with van der Waals surface area (Å²) in [6, 6.07) is 6.98. The summed E-state index contributed by atoms with van der Waals surface area (Å²) in [4.78, 5) is 15.1. The fourth-order valence-corrected chi connectivity index (χ4v) is 4.39. The van der Waals surface area contributed by atoms with Gasteiger partial charge < -0.3 is 20.4 Å². The SMILES string of the molecule is COc1ccc2[nH]c(CNC(=O)NC3CCS(=O)(=O)C3)cc2c1. The molecule has 0 saturated carbocycles. The van der Waals surface area contributed by atoms with E-state index < -0.39 is 9.84 Å². The number of benzene rings is 1. The van der Waals surface area contributed by atoms with Crippen LogP contribution in [-0.2, 0) is 16.4 Å². The average molecular weight is 337 g/mol. The first-order valence-electron chi connectivity index (χ1n) is 7.35. The van der Waals surface area contributed by atoms with Gasteiger partial charge in [0.2, 0.25) is 0 Å². The number of aromatic nitrogens is 1. The van der Waals surface area contributed by atoms with Crippen molar-refractivity contribution in [3.05, 3.63) is 30.0 Å². The minimum absolute atomic E-state index is 0.0204. The number of methoxy groups -OCH3 is 1. The van der Waals surface area contributed by atoms with Crippen LogP contribution in [0, 0.1) is 0 Å². The van der Waals surface area contributed by atoms with Crippen LogP contribution < -0.4 is 15.4 Å². The van der Waals surface area contributed by atoms with E-state index in [0.29, 0.717) is 13.0 Å². The lowest BCUT2D eigenvalue weighted by molar-refractivity contribution is 0.237. The molecule has 1 aliphatic heterocycles. The van der Waals surface area contributed by atoms with E-state index in [-0.39, 0.29) is 23.6 Å². The third-order valence-electron chi connectivity index (χ3n) is 3.89. The van der Waals surface area contributed by atoms with E-state index in [4.69, 9.17) is 4.74 Å². The maximum atomic E-state index is 11.8. The molecule has 1 aliphatic rings. The third-order valence-corrected chi connectivity index (χ3v) is 5.66. The number of nitrogens with one attached hydrogen (secondary N) is 3. The molecule has 1 atom stereocenters. The van der Waals surface area contributed by atoms with Gasteiger partial charge in [0.25, 0.3) is 0 Å². The number of carbonyl (C=O) groups excluding carboxylic acids is 1. The number of hydrogen-bond donors (Lipinski definition) is 3. The Morgan fingerprint density at radius 2 is 2.22 bits per heavy atom. The van der Waals surface area contributed by atoms with E-state index in [0.717, 1.165) is 22.3 Å². The lowest BCUT2D eigenvalue weighted by atomic mass is 10.2. The zero-order valence-corrected chi connectivity index (χ0v) is 13.6. The summed E-state index contributed by atoms with van der Waals surface area (Å²) in [5.41, 5.74) is 1.83. The molecule has 2 amide bonds. The lowest BCUT2D eigenvalue weighted by Gasteiger charge is -2.11.